The summed E-state index contributed by atoms with van der Waals surface area (Å²) in [6, 6.07) is 0. The number of carbonyl (C=O) groups excluding carboxylic acids is 1. The first kappa shape index (κ1) is 49.2. The lowest BCUT2D eigenvalue weighted by atomic mass is 9.83. The average Bonchev–Trinajstić information content (AvgIpc) is 3.16. The van der Waals surface area contributed by atoms with Crippen LogP contribution in [0.3, 0.4) is 0 Å². The zero-order chi connectivity index (χ0) is 37.3. The molecule has 52 heavy (non-hydrogen) atoms. The number of unbranched alkanes of at least 4 members (excludes halogenated alkanes) is 30. The number of hydrogen-bond acceptors (Lipinski definition) is 5. The Hall–Kier alpha value is -0.850. The lowest BCUT2D eigenvalue weighted by Gasteiger charge is -2.27. The van der Waals surface area contributed by atoms with Gasteiger partial charge in [-0.05, 0) is 56.9 Å². The molecule has 0 radical (unpaired) electrons. The first-order chi connectivity index (χ1) is 25.8. The second-order valence-electron chi connectivity index (χ2n) is 16.6. The molecule has 1 amide bonds. The Labute approximate surface area is 325 Å². The molecule has 0 aromatic heterocycles. The van der Waals surface area contributed by atoms with Crippen molar-refractivity contribution < 1.29 is 19.3 Å². The largest absolute Gasteiger partial charge is 0.449 e. The fourth-order valence-electron chi connectivity index (χ4n) is 7.77. The minimum atomic E-state index is -0.244. The van der Waals surface area contributed by atoms with Gasteiger partial charge in [-0.15, -0.1) is 0 Å². The molecule has 1 rings (SSSR count). The molecule has 6 heteroatoms. The van der Waals surface area contributed by atoms with Crippen LogP contribution >= 0.6 is 0 Å². The first-order valence-corrected chi connectivity index (χ1v) is 23.6. The molecule has 0 aliphatic heterocycles. The second-order valence-corrected chi connectivity index (χ2v) is 16.6. The molecule has 0 heterocycles. The topological polar surface area (TPSA) is 68.8 Å². The van der Waals surface area contributed by atoms with Gasteiger partial charge in [0.1, 0.15) is 6.73 Å². The van der Waals surface area contributed by atoms with E-state index in [4.69, 9.17) is 14.5 Å². The van der Waals surface area contributed by atoms with Crippen LogP contribution in [0.4, 0.5) is 4.79 Å². The summed E-state index contributed by atoms with van der Waals surface area (Å²) in [5.74, 6) is 1.01. The van der Waals surface area contributed by atoms with Gasteiger partial charge in [-0.2, -0.15) is 0 Å². The molecule has 310 valence electrons. The summed E-state index contributed by atoms with van der Waals surface area (Å²) in [6.45, 7) is 7.98. The summed E-state index contributed by atoms with van der Waals surface area (Å²) in [7, 11) is 0. The number of alkyl carbamates (subject to hydrolysis) is 1. The molecule has 1 fully saturated rings. The highest BCUT2D eigenvalue weighted by atomic mass is 17.2. The summed E-state index contributed by atoms with van der Waals surface area (Å²) in [6.07, 6.45) is 48.4. The molecule has 6 nitrogen and oxygen atoms in total. The van der Waals surface area contributed by atoms with Crippen LogP contribution in [0, 0.1) is 11.8 Å². The number of nitrogens with one attached hydrogen (secondary N) is 2. The number of amides is 1. The van der Waals surface area contributed by atoms with Gasteiger partial charge in [-0.1, -0.05) is 206 Å². The smallest absolute Gasteiger partial charge is 0.407 e. The Bertz CT molecular complexity index is 700. The standard InChI is InChI=1S/C46H92N2O4/c1-3-5-7-9-11-13-15-17-19-21-23-25-27-29-31-33-39-47-43-52-51-42-45-37-35-44(36-38-45)41-50-46(49)48-40-34-32-30-28-26-24-22-20-18-16-14-12-10-8-6-4-2/h44-45,47H,3-43H2,1-2H3,(H,48,49). The zero-order valence-electron chi connectivity index (χ0n) is 35.3. The molecule has 1 saturated carbocycles. The molecule has 0 atom stereocenters. The Balaban J connectivity index is 1.75. The third-order valence-electron chi connectivity index (χ3n) is 11.5. The summed E-state index contributed by atoms with van der Waals surface area (Å²) < 4.78 is 5.54. The van der Waals surface area contributed by atoms with Gasteiger partial charge < -0.3 is 10.1 Å². The van der Waals surface area contributed by atoms with Crippen molar-refractivity contribution in [2.24, 2.45) is 11.8 Å². The monoisotopic (exact) mass is 737 g/mol. The van der Waals surface area contributed by atoms with E-state index in [0.29, 0.717) is 31.8 Å². The van der Waals surface area contributed by atoms with E-state index in [1.54, 1.807) is 0 Å². The van der Waals surface area contributed by atoms with Gasteiger partial charge in [0, 0.05) is 6.54 Å². The van der Waals surface area contributed by atoms with Crippen LogP contribution in [0.1, 0.15) is 245 Å². The number of hydrogen-bond donors (Lipinski definition) is 2. The second kappa shape index (κ2) is 41.3. The van der Waals surface area contributed by atoms with Crippen LogP contribution in [0.25, 0.3) is 0 Å². The van der Waals surface area contributed by atoms with Crippen molar-refractivity contribution in [3.63, 3.8) is 0 Å². The van der Waals surface area contributed by atoms with Gasteiger partial charge in [0.2, 0.25) is 0 Å². The van der Waals surface area contributed by atoms with E-state index < -0.39 is 0 Å². The van der Waals surface area contributed by atoms with E-state index in [-0.39, 0.29) is 6.09 Å². The van der Waals surface area contributed by atoms with Gasteiger partial charge in [-0.25, -0.2) is 14.6 Å². The number of ether oxygens (including phenoxy) is 1. The summed E-state index contributed by atoms with van der Waals surface area (Å²) in [5, 5.41) is 6.31. The highest BCUT2D eigenvalue weighted by Gasteiger charge is 2.22. The van der Waals surface area contributed by atoms with Crippen LogP contribution in [0.15, 0.2) is 0 Å². The predicted molar refractivity (Wildman–Crippen MR) is 224 cm³/mol. The van der Waals surface area contributed by atoms with E-state index in [1.165, 1.54) is 199 Å². The molecule has 0 bridgehead atoms. The van der Waals surface area contributed by atoms with Gasteiger partial charge in [-0.3, -0.25) is 5.32 Å². The third kappa shape index (κ3) is 36.1. The quantitative estimate of drug-likeness (QED) is 0.0283. The summed E-state index contributed by atoms with van der Waals surface area (Å²) in [4.78, 5) is 23.0. The molecular weight excluding hydrogens is 645 g/mol. The van der Waals surface area contributed by atoms with E-state index in [2.05, 4.69) is 24.5 Å². The molecular formula is C46H92N2O4. The van der Waals surface area contributed by atoms with Crippen molar-refractivity contribution >= 4 is 6.09 Å². The van der Waals surface area contributed by atoms with Gasteiger partial charge in [0.05, 0.1) is 13.2 Å². The SMILES string of the molecule is CCCCCCCCCCCCCCCCCCNCOOCC1CCC(COC(=O)NCCCCCCCCCCCCCCCCCC)CC1. The Morgan fingerprint density at radius 1 is 0.423 bits per heavy atom. The fourth-order valence-corrected chi connectivity index (χ4v) is 7.77. The maximum atomic E-state index is 12.1. The van der Waals surface area contributed by atoms with Crippen LogP contribution in [0.5, 0.6) is 0 Å². The van der Waals surface area contributed by atoms with Crippen LogP contribution in [0.2, 0.25) is 0 Å². The van der Waals surface area contributed by atoms with Gasteiger partial charge >= 0.3 is 6.09 Å². The van der Waals surface area contributed by atoms with Crippen molar-refractivity contribution in [2.45, 2.75) is 245 Å². The number of carbonyl (C=O) groups is 1. The summed E-state index contributed by atoms with van der Waals surface area (Å²) >= 11 is 0. The maximum Gasteiger partial charge on any atom is 0.407 e. The highest BCUT2D eigenvalue weighted by Crippen LogP contribution is 2.29. The van der Waals surface area contributed by atoms with Gasteiger partial charge in [0.15, 0.2) is 0 Å². The highest BCUT2D eigenvalue weighted by molar-refractivity contribution is 5.67. The van der Waals surface area contributed by atoms with E-state index in [1.807, 2.05) is 0 Å². The van der Waals surface area contributed by atoms with Crippen molar-refractivity contribution in [1.29, 1.82) is 0 Å². The fraction of sp³-hybridized carbons (Fsp3) is 0.978. The molecule has 0 unspecified atom stereocenters. The van der Waals surface area contributed by atoms with E-state index in [0.717, 1.165) is 45.2 Å². The van der Waals surface area contributed by atoms with Crippen LogP contribution < -0.4 is 10.6 Å². The molecule has 0 aromatic rings. The van der Waals surface area contributed by atoms with Crippen LogP contribution in [-0.2, 0) is 14.5 Å². The minimum Gasteiger partial charge on any atom is -0.449 e. The van der Waals surface area contributed by atoms with Crippen molar-refractivity contribution in [2.75, 3.05) is 33.0 Å². The van der Waals surface area contributed by atoms with Crippen molar-refractivity contribution in [3.05, 3.63) is 0 Å². The lowest BCUT2D eigenvalue weighted by molar-refractivity contribution is -0.306. The van der Waals surface area contributed by atoms with Crippen molar-refractivity contribution in [1.82, 2.24) is 10.6 Å². The molecule has 1 aliphatic carbocycles. The van der Waals surface area contributed by atoms with Crippen LogP contribution in [-0.4, -0.2) is 39.1 Å². The minimum absolute atomic E-state index is 0.244. The molecule has 1 aliphatic rings. The van der Waals surface area contributed by atoms with Crippen molar-refractivity contribution in [3.8, 4) is 0 Å². The Morgan fingerprint density at radius 3 is 1.13 bits per heavy atom. The average molecular weight is 737 g/mol. The normalized spacial score (nSPS) is 16.0. The van der Waals surface area contributed by atoms with E-state index >= 15 is 0 Å². The number of rotatable bonds is 41. The van der Waals surface area contributed by atoms with Gasteiger partial charge in [0.25, 0.3) is 0 Å². The first-order valence-electron chi connectivity index (χ1n) is 23.6. The lowest BCUT2D eigenvalue weighted by Crippen LogP contribution is -2.29. The Kier molecular flexibility index (Phi) is 39.1. The Morgan fingerprint density at radius 2 is 0.750 bits per heavy atom. The molecule has 0 spiro atoms. The van der Waals surface area contributed by atoms with E-state index in [9.17, 15) is 4.79 Å². The third-order valence-corrected chi connectivity index (χ3v) is 11.5. The molecule has 0 aromatic carbocycles. The predicted octanol–water partition coefficient (Wildman–Crippen LogP) is 14.5. The molecule has 2 N–H and O–H groups in total. The molecule has 0 saturated heterocycles. The maximum absolute atomic E-state index is 12.1. The summed E-state index contributed by atoms with van der Waals surface area (Å²) in [5.41, 5.74) is 0. The zero-order valence-corrected chi connectivity index (χ0v) is 35.3.